The second-order valence-electron chi connectivity index (χ2n) is 12.3. The van der Waals surface area contributed by atoms with Crippen LogP contribution in [0.4, 0.5) is 0 Å². The van der Waals surface area contributed by atoms with Crippen LogP contribution in [0, 0.1) is 17.8 Å². The molecule has 39 heavy (non-hydrogen) atoms. The lowest BCUT2D eigenvalue weighted by Gasteiger charge is -2.62. The highest BCUT2D eigenvalue weighted by molar-refractivity contribution is 5.89. The smallest absolute Gasteiger partial charge is 0.338 e. The van der Waals surface area contributed by atoms with Gasteiger partial charge in [-0.1, -0.05) is 37.8 Å². The standard InChI is InChI=1S/C29H36O10/c1-13(2)28-21(36-23(32)16-10-8-7-9-11-16)15(4)29-17-12-14(3)19(30)27(17,35)24(33)25(5,34)20(31)18(29)22(28)37-26(6,38-28)39-29/h7-12,15,17-22,24,30-31,33-35H,1H2,2-6H3. The van der Waals surface area contributed by atoms with Gasteiger partial charge in [-0.2, -0.15) is 0 Å². The molecule has 13 unspecified atom stereocenters. The number of fused-ring (bicyclic) bond motifs is 2. The summed E-state index contributed by atoms with van der Waals surface area (Å²) >= 11 is 0. The molecule has 10 heteroatoms. The van der Waals surface area contributed by atoms with Gasteiger partial charge in [0.2, 0.25) is 0 Å². The molecule has 5 aliphatic rings. The lowest BCUT2D eigenvalue weighted by molar-refractivity contribution is -0.426. The Balaban J connectivity index is 1.61. The summed E-state index contributed by atoms with van der Waals surface area (Å²) in [4.78, 5) is 13.4. The van der Waals surface area contributed by atoms with Crippen LogP contribution in [-0.2, 0) is 18.9 Å². The van der Waals surface area contributed by atoms with Gasteiger partial charge in [0.1, 0.15) is 35.6 Å². The molecule has 2 saturated carbocycles. The SMILES string of the molecule is C=C(C)C12OC3(C)OC1C1C(O)C(C)(O)C(O)C4(O)C(O)C(C)=CC4C1(O3)C(C)C2OC(=O)c1ccccc1. The van der Waals surface area contributed by atoms with Crippen molar-refractivity contribution in [2.75, 3.05) is 0 Å². The molecule has 0 aromatic heterocycles. The van der Waals surface area contributed by atoms with Gasteiger partial charge < -0.3 is 44.5 Å². The highest BCUT2D eigenvalue weighted by Gasteiger charge is 2.85. The van der Waals surface area contributed by atoms with E-state index in [2.05, 4.69) is 6.58 Å². The second-order valence-corrected chi connectivity index (χ2v) is 12.3. The fourth-order valence-electron chi connectivity index (χ4n) is 8.26. The topological polar surface area (TPSA) is 155 Å². The first kappa shape index (κ1) is 27.0. The number of hydrogen-bond donors (Lipinski definition) is 5. The Morgan fingerprint density at radius 1 is 1.08 bits per heavy atom. The van der Waals surface area contributed by atoms with Crippen LogP contribution in [0.25, 0.3) is 0 Å². The zero-order valence-corrected chi connectivity index (χ0v) is 22.6. The first-order chi connectivity index (χ1) is 18.1. The van der Waals surface area contributed by atoms with Gasteiger partial charge in [0.15, 0.2) is 5.60 Å². The monoisotopic (exact) mass is 544 g/mol. The maximum Gasteiger partial charge on any atom is 0.338 e. The van der Waals surface area contributed by atoms with E-state index >= 15 is 0 Å². The summed E-state index contributed by atoms with van der Waals surface area (Å²) in [5.74, 6) is -5.44. The number of benzene rings is 1. The van der Waals surface area contributed by atoms with Gasteiger partial charge in [-0.25, -0.2) is 4.79 Å². The molecular formula is C29H36O10. The Kier molecular flexibility index (Phi) is 5.54. The lowest BCUT2D eigenvalue weighted by Crippen LogP contribution is -2.77. The second kappa shape index (κ2) is 7.98. The van der Waals surface area contributed by atoms with Crippen molar-refractivity contribution in [2.45, 2.75) is 93.5 Å². The van der Waals surface area contributed by atoms with Crippen molar-refractivity contribution in [3.05, 3.63) is 59.7 Å². The van der Waals surface area contributed by atoms with E-state index in [-0.39, 0.29) is 0 Å². The normalized spacial score (nSPS) is 53.4. The maximum atomic E-state index is 13.4. The number of carbonyl (C=O) groups is 1. The van der Waals surface area contributed by atoms with Crippen molar-refractivity contribution in [2.24, 2.45) is 17.8 Å². The zero-order chi connectivity index (χ0) is 28.5. The van der Waals surface area contributed by atoms with E-state index in [1.165, 1.54) is 6.92 Å². The molecule has 212 valence electrons. The number of esters is 1. The molecule has 3 bridgehead atoms. The highest BCUT2D eigenvalue weighted by atomic mass is 16.9. The molecule has 0 spiro atoms. The molecule has 1 aromatic rings. The average molecular weight is 545 g/mol. The fraction of sp³-hybridized carbons (Fsp3) is 0.621. The van der Waals surface area contributed by atoms with Gasteiger partial charge in [0.25, 0.3) is 5.97 Å². The first-order valence-electron chi connectivity index (χ1n) is 13.3. The predicted molar refractivity (Wildman–Crippen MR) is 135 cm³/mol. The minimum atomic E-state index is -2.36. The Bertz CT molecular complexity index is 1260. The van der Waals surface area contributed by atoms with Crippen LogP contribution in [0.15, 0.2) is 54.1 Å². The third-order valence-corrected chi connectivity index (χ3v) is 10.0. The molecule has 10 nitrogen and oxygen atoms in total. The summed E-state index contributed by atoms with van der Waals surface area (Å²) in [5.41, 5.74) is -6.71. The molecule has 0 amide bonds. The zero-order valence-electron chi connectivity index (χ0n) is 22.6. The van der Waals surface area contributed by atoms with Crippen molar-refractivity contribution in [1.29, 1.82) is 0 Å². The third kappa shape index (κ3) is 3.01. The molecular weight excluding hydrogens is 508 g/mol. The molecule has 3 aliphatic carbocycles. The molecule has 13 atom stereocenters. The quantitative estimate of drug-likeness (QED) is 0.273. The van der Waals surface area contributed by atoms with Gasteiger partial charge in [0, 0.05) is 24.7 Å². The molecule has 2 aliphatic heterocycles. The summed E-state index contributed by atoms with van der Waals surface area (Å²) in [6.07, 6.45) is -5.83. The number of ether oxygens (including phenoxy) is 4. The van der Waals surface area contributed by atoms with E-state index in [0.717, 1.165) is 0 Å². The summed E-state index contributed by atoms with van der Waals surface area (Å²) in [5, 5.41) is 58.1. The average Bonchev–Trinajstić information content (AvgIpc) is 3.25. The molecule has 5 N–H and O–H groups in total. The van der Waals surface area contributed by atoms with Crippen LogP contribution in [0.3, 0.4) is 0 Å². The Morgan fingerprint density at radius 3 is 2.33 bits per heavy atom. The van der Waals surface area contributed by atoms with E-state index in [9.17, 15) is 30.3 Å². The van der Waals surface area contributed by atoms with Crippen molar-refractivity contribution >= 4 is 5.97 Å². The number of carbonyl (C=O) groups excluding carboxylic acids is 1. The molecule has 0 radical (unpaired) electrons. The van der Waals surface area contributed by atoms with E-state index in [0.29, 0.717) is 16.7 Å². The molecule has 1 aromatic carbocycles. The summed E-state index contributed by atoms with van der Waals surface area (Å²) in [6, 6.07) is 8.43. The van der Waals surface area contributed by atoms with E-state index < -0.39 is 82.6 Å². The molecule has 2 saturated heterocycles. The van der Waals surface area contributed by atoms with Crippen molar-refractivity contribution < 1.29 is 49.3 Å². The van der Waals surface area contributed by atoms with Gasteiger partial charge in [0.05, 0.1) is 17.3 Å². The van der Waals surface area contributed by atoms with Crippen LogP contribution in [0.2, 0.25) is 0 Å². The third-order valence-electron chi connectivity index (χ3n) is 10.0. The van der Waals surface area contributed by atoms with Gasteiger partial charge >= 0.3 is 5.97 Å². The van der Waals surface area contributed by atoms with Crippen molar-refractivity contribution in [1.82, 2.24) is 0 Å². The van der Waals surface area contributed by atoms with E-state index in [1.54, 1.807) is 64.1 Å². The first-order valence-corrected chi connectivity index (χ1v) is 13.3. The van der Waals surface area contributed by atoms with Crippen LogP contribution in [0.1, 0.15) is 45.0 Å². The van der Waals surface area contributed by atoms with Crippen LogP contribution in [0.5, 0.6) is 0 Å². The summed E-state index contributed by atoms with van der Waals surface area (Å²) in [7, 11) is 0. The fourth-order valence-corrected chi connectivity index (χ4v) is 8.26. The lowest BCUT2D eigenvalue weighted by atomic mass is 9.52. The molecule has 2 heterocycles. The Labute approximate surface area is 226 Å². The predicted octanol–water partition coefficient (Wildman–Crippen LogP) is 0.805. The number of rotatable bonds is 3. The molecule has 4 fully saturated rings. The maximum absolute atomic E-state index is 13.4. The van der Waals surface area contributed by atoms with Crippen molar-refractivity contribution in [3.8, 4) is 0 Å². The van der Waals surface area contributed by atoms with Gasteiger partial charge in [-0.15, -0.1) is 0 Å². The highest BCUT2D eigenvalue weighted by Crippen LogP contribution is 2.70. The minimum absolute atomic E-state index is 0.305. The number of hydrogen-bond acceptors (Lipinski definition) is 10. The van der Waals surface area contributed by atoms with Crippen LogP contribution < -0.4 is 0 Å². The van der Waals surface area contributed by atoms with Gasteiger partial charge in [-0.3, -0.25) is 0 Å². The van der Waals surface area contributed by atoms with Crippen LogP contribution in [-0.4, -0.2) is 90.4 Å². The minimum Gasteiger partial charge on any atom is -0.455 e. The molecule has 6 rings (SSSR count). The number of aliphatic hydroxyl groups is 5. The van der Waals surface area contributed by atoms with E-state index in [4.69, 9.17) is 18.9 Å². The van der Waals surface area contributed by atoms with Gasteiger partial charge in [-0.05, 0) is 44.1 Å². The largest absolute Gasteiger partial charge is 0.455 e. The summed E-state index contributed by atoms with van der Waals surface area (Å²) in [6.45, 7) is 12.0. The van der Waals surface area contributed by atoms with Crippen LogP contribution >= 0.6 is 0 Å². The summed E-state index contributed by atoms with van der Waals surface area (Å²) < 4.78 is 25.6. The van der Waals surface area contributed by atoms with E-state index in [1.807, 2.05) is 0 Å². The number of aliphatic hydroxyl groups excluding tert-OH is 3. The van der Waals surface area contributed by atoms with Crippen molar-refractivity contribution in [3.63, 3.8) is 0 Å². The Morgan fingerprint density at radius 2 is 1.72 bits per heavy atom. The Hall–Kier alpha value is -2.15.